The lowest BCUT2D eigenvalue weighted by molar-refractivity contribution is -0.131. The average molecular weight is 385 g/mol. The molecule has 1 fully saturated rings. The highest BCUT2D eigenvalue weighted by atomic mass is 35.5. The van der Waals surface area contributed by atoms with Crippen LogP contribution in [0, 0.1) is 5.92 Å². The summed E-state index contributed by atoms with van der Waals surface area (Å²) in [6.45, 7) is 1.58. The Morgan fingerprint density at radius 2 is 1.67 bits per heavy atom. The number of likely N-dealkylation sites (tertiary alicyclic amines) is 1. The number of carbonyl (C=O) groups is 2. The number of amides is 2. The number of nitrogens with zero attached hydrogens (tertiary/aromatic N) is 1. The first-order valence-corrected chi connectivity index (χ1v) is 9.85. The Hall–Kier alpha value is -2.33. The van der Waals surface area contributed by atoms with Gasteiger partial charge in [-0.1, -0.05) is 41.9 Å². The summed E-state index contributed by atoms with van der Waals surface area (Å²) in [5.41, 5.74) is 1.88. The van der Waals surface area contributed by atoms with Gasteiger partial charge in [0.25, 0.3) is 5.91 Å². The minimum atomic E-state index is -0.252. The molecule has 0 unspecified atom stereocenters. The molecule has 1 heterocycles. The summed E-state index contributed by atoms with van der Waals surface area (Å²) in [5.74, 6) is 0.398. The van der Waals surface area contributed by atoms with Crippen molar-refractivity contribution in [2.24, 2.45) is 5.92 Å². The predicted octanol–water partition coefficient (Wildman–Crippen LogP) is 3.94. The molecule has 0 radical (unpaired) electrons. The van der Waals surface area contributed by atoms with Crippen molar-refractivity contribution in [2.45, 2.75) is 25.7 Å². The zero-order valence-electron chi connectivity index (χ0n) is 15.4. The number of hydrogen-bond acceptors (Lipinski definition) is 2. The highest BCUT2D eigenvalue weighted by molar-refractivity contribution is 6.30. The third-order valence-corrected chi connectivity index (χ3v) is 5.41. The zero-order chi connectivity index (χ0) is 19.1. The number of halogens is 1. The molecule has 2 aromatic carbocycles. The maximum Gasteiger partial charge on any atom is 0.251 e. The van der Waals surface area contributed by atoms with Crippen LogP contribution in [0.25, 0.3) is 0 Å². The Morgan fingerprint density at radius 3 is 2.33 bits per heavy atom. The van der Waals surface area contributed by atoms with Crippen molar-refractivity contribution in [3.8, 4) is 0 Å². The molecule has 1 saturated heterocycles. The molecule has 1 aliphatic rings. The zero-order valence-corrected chi connectivity index (χ0v) is 16.1. The molecule has 1 aliphatic heterocycles. The lowest BCUT2D eigenvalue weighted by Gasteiger charge is -2.32. The number of piperidine rings is 1. The summed E-state index contributed by atoms with van der Waals surface area (Å²) >= 11 is 5.82. The average Bonchev–Trinajstić information content (AvgIpc) is 2.72. The summed E-state index contributed by atoms with van der Waals surface area (Å²) in [5, 5.41) is 3.28. The molecule has 5 heteroatoms. The van der Waals surface area contributed by atoms with Crippen LogP contribution in [0.5, 0.6) is 0 Å². The maximum atomic E-state index is 12.4. The van der Waals surface area contributed by atoms with E-state index in [9.17, 15) is 9.59 Å². The fourth-order valence-corrected chi connectivity index (χ4v) is 3.58. The summed E-state index contributed by atoms with van der Waals surface area (Å²) < 4.78 is 0. The van der Waals surface area contributed by atoms with Crippen LogP contribution in [0.4, 0.5) is 0 Å². The van der Waals surface area contributed by atoms with E-state index in [1.807, 2.05) is 11.0 Å². The molecule has 0 bridgehead atoms. The molecule has 1 N–H and O–H groups in total. The molecule has 142 valence electrons. The number of rotatable bonds is 6. The molecular weight excluding hydrogens is 360 g/mol. The summed E-state index contributed by atoms with van der Waals surface area (Å²) in [4.78, 5) is 26.3. The third-order valence-electron chi connectivity index (χ3n) is 5.16. The number of hydrogen-bond donors (Lipinski definition) is 1. The van der Waals surface area contributed by atoms with Crippen LogP contribution < -0.4 is 5.32 Å². The molecule has 0 spiro atoms. The van der Waals surface area contributed by atoms with Crippen molar-refractivity contribution >= 4 is 23.4 Å². The lowest BCUT2D eigenvalue weighted by atomic mass is 9.90. The molecule has 0 aromatic heterocycles. The van der Waals surface area contributed by atoms with Crippen LogP contribution >= 0.6 is 11.6 Å². The van der Waals surface area contributed by atoms with Gasteiger partial charge in [0.1, 0.15) is 0 Å². The second-order valence-electron chi connectivity index (χ2n) is 7.04. The van der Waals surface area contributed by atoms with Gasteiger partial charge in [0.05, 0.1) is 6.54 Å². The van der Waals surface area contributed by atoms with Crippen molar-refractivity contribution in [2.75, 3.05) is 19.6 Å². The van der Waals surface area contributed by atoms with Gasteiger partial charge >= 0.3 is 0 Å². The van der Waals surface area contributed by atoms with Gasteiger partial charge in [0, 0.05) is 23.7 Å². The summed E-state index contributed by atoms with van der Waals surface area (Å²) in [6.07, 6.45) is 4.32. The van der Waals surface area contributed by atoms with E-state index in [2.05, 4.69) is 29.6 Å². The van der Waals surface area contributed by atoms with Gasteiger partial charge in [0.15, 0.2) is 0 Å². The molecule has 27 heavy (non-hydrogen) atoms. The van der Waals surface area contributed by atoms with E-state index >= 15 is 0 Å². The normalized spacial score (nSPS) is 14.8. The van der Waals surface area contributed by atoms with Gasteiger partial charge in [0.2, 0.25) is 5.91 Å². The largest absolute Gasteiger partial charge is 0.343 e. The number of carbonyl (C=O) groups excluding carboxylic acids is 2. The number of nitrogens with one attached hydrogen (secondary N) is 1. The fourth-order valence-electron chi connectivity index (χ4n) is 3.46. The van der Waals surface area contributed by atoms with Gasteiger partial charge in [-0.2, -0.15) is 0 Å². The van der Waals surface area contributed by atoms with Crippen LogP contribution in [-0.2, 0) is 11.2 Å². The minimum absolute atomic E-state index is 0.0150. The van der Waals surface area contributed by atoms with Crippen molar-refractivity contribution in [1.82, 2.24) is 10.2 Å². The van der Waals surface area contributed by atoms with E-state index in [4.69, 9.17) is 11.6 Å². The molecule has 0 atom stereocenters. The van der Waals surface area contributed by atoms with Gasteiger partial charge in [-0.3, -0.25) is 9.59 Å². The molecule has 2 amide bonds. The van der Waals surface area contributed by atoms with Crippen molar-refractivity contribution in [3.63, 3.8) is 0 Å². The standard InChI is InChI=1S/C22H25ClN2O2/c23-20-10-8-19(9-11-20)22(27)24-16-21(26)25-14-12-18(13-15-25)7-6-17-4-2-1-3-5-17/h1-5,8-11,18H,6-7,12-16H2,(H,24,27). The van der Waals surface area contributed by atoms with Crippen LogP contribution in [0.1, 0.15) is 35.2 Å². The Labute approximate surface area is 165 Å². The second kappa shape index (κ2) is 9.56. The number of aryl methyl sites for hydroxylation is 1. The maximum absolute atomic E-state index is 12.4. The second-order valence-corrected chi connectivity index (χ2v) is 7.47. The Morgan fingerprint density at radius 1 is 1.00 bits per heavy atom. The first-order chi connectivity index (χ1) is 13.1. The Balaban J connectivity index is 1.38. The minimum Gasteiger partial charge on any atom is -0.343 e. The van der Waals surface area contributed by atoms with E-state index < -0.39 is 0 Å². The third kappa shape index (κ3) is 5.83. The first kappa shape index (κ1) is 19.4. The van der Waals surface area contributed by atoms with Crippen molar-refractivity contribution < 1.29 is 9.59 Å². The molecule has 0 saturated carbocycles. The van der Waals surface area contributed by atoms with Gasteiger partial charge in [-0.25, -0.2) is 0 Å². The molecule has 2 aromatic rings. The smallest absolute Gasteiger partial charge is 0.251 e. The summed E-state index contributed by atoms with van der Waals surface area (Å²) in [7, 11) is 0. The quantitative estimate of drug-likeness (QED) is 0.820. The van der Waals surface area contributed by atoms with Crippen LogP contribution in [-0.4, -0.2) is 36.3 Å². The fraction of sp³-hybridized carbons (Fsp3) is 0.364. The van der Waals surface area contributed by atoms with Crippen LogP contribution in [0.15, 0.2) is 54.6 Å². The Kier molecular flexibility index (Phi) is 6.88. The van der Waals surface area contributed by atoms with Gasteiger partial charge in [-0.15, -0.1) is 0 Å². The highest BCUT2D eigenvalue weighted by Gasteiger charge is 2.22. The number of benzene rings is 2. The van der Waals surface area contributed by atoms with Crippen molar-refractivity contribution in [1.29, 1.82) is 0 Å². The van der Waals surface area contributed by atoms with Crippen LogP contribution in [0.2, 0.25) is 5.02 Å². The van der Waals surface area contributed by atoms with Crippen LogP contribution in [0.3, 0.4) is 0 Å². The van der Waals surface area contributed by atoms with Crippen molar-refractivity contribution in [3.05, 3.63) is 70.7 Å². The Bertz CT molecular complexity index is 754. The molecule has 0 aliphatic carbocycles. The van der Waals surface area contributed by atoms with E-state index in [-0.39, 0.29) is 18.4 Å². The summed E-state index contributed by atoms with van der Waals surface area (Å²) in [6, 6.07) is 17.2. The molecular formula is C22H25ClN2O2. The van der Waals surface area contributed by atoms with E-state index in [0.717, 1.165) is 32.4 Å². The van der Waals surface area contributed by atoms with Gasteiger partial charge < -0.3 is 10.2 Å². The van der Waals surface area contributed by atoms with Gasteiger partial charge in [-0.05, 0) is 61.4 Å². The topological polar surface area (TPSA) is 49.4 Å². The van der Waals surface area contributed by atoms with E-state index in [0.29, 0.717) is 16.5 Å². The monoisotopic (exact) mass is 384 g/mol. The predicted molar refractivity (Wildman–Crippen MR) is 108 cm³/mol. The first-order valence-electron chi connectivity index (χ1n) is 9.47. The highest BCUT2D eigenvalue weighted by Crippen LogP contribution is 2.22. The SMILES string of the molecule is O=C(NCC(=O)N1CCC(CCc2ccccc2)CC1)c1ccc(Cl)cc1. The van der Waals surface area contributed by atoms with E-state index in [1.165, 1.54) is 12.0 Å². The lowest BCUT2D eigenvalue weighted by Crippen LogP contribution is -2.44. The molecule has 3 rings (SSSR count). The van der Waals surface area contributed by atoms with E-state index in [1.54, 1.807) is 24.3 Å². The molecule has 4 nitrogen and oxygen atoms in total.